The van der Waals surface area contributed by atoms with Crippen LogP contribution < -0.4 is 5.32 Å². The van der Waals surface area contributed by atoms with E-state index >= 15 is 0 Å². The number of nitrogens with zero attached hydrogens (tertiary/aromatic N) is 1. The topological polar surface area (TPSA) is 59.1 Å². The quantitative estimate of drug-likeness (QED) is 0.881. The van der Waals surface area contributed by atoms with Crippen molar-refractivity contribution in [3.63, 3.8) is 0 Å². The molecule has 104 valence electrons. The van der Waals surface area contributed by atoms with Crippen LogP contribution in [-0.4, -0.2) is 16.7 Å². The molecule has 0 bridgehead atoms. The van der Waals surface area contributed by atoms with Gasteiger partial charge in [-0.15, -0.1) is 12.4 Å². The monoisotopic (exact) mass is 290 g/mol. The van der Waals surface area contributed by atoms with Gasteiger partial charge in [0.15, 0.2) is 5.78 Å². The molecule has 0 spiro atoms. The zero-order valence-corrected chi connectivity index (χ0v) is 11.8. The molecule has 0 radical (unpaired) electrons. The average molecular weight is 291 g/mol. The smallest absolute Gasteiger partial charge is 0.221 e. The third kappa shape index (κ3) is 4.17. The Balaban J connectivity index is 0.00000200. The second kappa shape index (κ2) is 7.40. The summed E-state index contributed by atoms with van der Waals surface area (Å²) in [5.41, 5.74) is 1.80. The molecule has 2 rings (SSSR count). The molecule has 1 aromatic carbocycles. The first kappa shape index (κ1) is 15.9. The maximum atomic E-state index is 12.1. The molecule has 0 saturated carbocycles. The van der Waals surface area contributed by atoms with Gasteiger partial charge in [0.25, 0.3) is 0 Å². The van der Waals surface area contributed by atoms with Crippen molar-refractivity contribution in [2.45, 2.75) is 13.3 Å². The number of halogens is 1. The number of carbonyl (C=O) groups excluding carboxylic acids is 2. The van der Waals surface area contributed by atoms with E-state index in [9.17, 15) is 9.59 Å². The van der Waals surface area contributed by atoms with E-state index in [4.69, 9.17) is 0 Å². The summed E-state index contributed by atoms with van der Waals surface area (Å²) in [4.78, 5) is 27.4. The summed E-state index contributed by atoms with van der Waals surface area (Å²) in [5.74, 6) is -0.202. The molecule has 0 unspecified atom stereocenters. The van der Waals surface area contributed by atoms with Gasteiger partial charge in [-0.3, -0.25) is 14.6 Å². The molecule has 0 saturated heterocycles. The molecule has 1 N–H and O–H groups in total. The van der Waals surface area contributed by atoms with Crippen LogP contribution >= 0.6 is 12.4 Å². The van der Waals surface area contributed by atoms with Gasteiger partial charge in [0.2, 0.25) is 5.91 Å². The van der Waals surface area contributed by atoms with Crippen LogP contribution in [0.2, 0.25) is 0 Å². The molecule has 5 heteroatoms. The van der Waals surface area contributed by atoms with E-state index in [1.165, 1.54) is 6.92 Å². The Morgan fingerprint density at radius 2 is 1.80 bits per heavy atom. The van der Waals surface area contributed by atoms with Crippen LogP contribution in [0.1, 0.15) is 23.0 Å². The highest BCUT2D eigenvalue weighted by Crippen LogP contribution is 2.15. The van der Waals surface area contributed by atoms with Crippen LogP contribution in [0.4, 0.5) is 5.69 Å². The first-order valence-electron chi connectivity index (χ1n) is 5.96. The van der Waals surface area contributed by atoms with Crippen molar-refractivity contribution in [1.29, 1.82) is 0 Å². The van der Waals surface area contributed by atoms with Crippen molar-refractivity contribution >= 4 is 29.8 Å². The zero-order valence-electron chi connectivity index (χ0n) is 11.0. The number of ketones is 1. The van der Waals surface area contributed by atoms with Gasteiger partial charge in [-0.25, -0.2) is 0 Å². The minimum atomic E-state index is -0.179. The number of pyridine rings is 1. The summed E-state index contributed by atoms with van der Waals surface area (Å²) >= 11 is 0. The van der Waals surface area contributed by atoms with Gasteiger partial charge in [-0.05, 0) is 12.1 Å². The standard InChI is InChI=1S/C15H14N2O2.ClH/c1-11(18)17-13-8-5-9-16-14(13)10-15(19)12-6-3-2-4-7-12;/h2-9H,10H2,1H3,(H,17,18);1H. The molecule has 0 aliphatic carbocycles. The van der Waals surface area contributed by atoms with E-state index in [2.05, 4.69) is 10.3 Å². The Morgan fingerprint density at radius 3 is 2.45 bits per heavy atom. The van der Waals surface area contributed by atoms with E-state index < -0.39 is 0 Å². The molecule has 0 atom stereocenters. The van der Waals surface area contributed by atoms with Crippen molar-refractivity contribution < 1.29 is 9.59 Å². The highest BCUT2D eigenvalue weighted by atomic mass is 35.5. The Hall–Kier alpha value is -2.20. The number of anilines is 1. The Morgan fingerprint density at radius 1 is 1.10 bits per heavy atom. The summed E-state index contributed by atoms with van der Waals surface area (Å²) in [5, 5.41) is 2.68. The van der Waals surface area contributed by atoms with Gasteiger partial charge in [0.1, 0.15) is 0 Å². The Labute approximate surface area is 123 Å². The van der Waals surface area contributed by atoms with Crippen LogP contribution in [0.3, 0.4) is 0 Å². The molecule has 2 aromatic rings. The third-order valence-corrected chi connectivity index (χ3v) is 2.62. The van der Waals surface area contributed by atoms with E-state index in [0.29, 0.717) is 16.9 Å². The first-order valence-corrected chi connectivity index (χ1v) is 5.96. The zero-order chi connectivity index (χ0) is 13.7. The van der Waals surface area contributed by atoms with E-state index in [0.717, 1.165) is 0 Å². The van der Waals surface area contributed by atoms with Gasteiger partial charge < -0.3 is 5.32 Å². The molecule has 20 heavy (non-hydrogen) atoms. The fourth-order valence-electron chi connectivity index (χ4n) is 1.76. The number of amides is 1. The van der Waals surface area contributed by atoms with Crippen LogP contribution in [0.25, 0.3) is 0 Å². The number of carbonyl (C=O) groups is 2. The van der Waals surface area contributed by atoms with Crippen LogP contribution in [-0.2, 0) is 11.2 Å². The lowest BCUT2D eigenvalue weighted by Gasteiger charge is -2.08. The summed E-state index contributed by atoms with van der Waals surface area (Å²) in [6.07, 6.45) is 1.78. The van der Waals surface area contributed by atoms with Gasteiger partial charge in [-0.2, -0.15) is 0 Å². The van der Waals surface area contributed by atoms with E-state index in [-0.39, 0.29) is 30.5 Å². The summed E-state index contributed by atoms with van der Waals surface area (Å²) in [6, 6.07) is 12.5. The van der Waals surface area contributed by atoms with Crippen molar-refractivity contribution in [3.05, 3.63) is 59.9 Å². The largest absolute Gasteiger partial charge is 0.325 e. The maximum absolute atomic E-state index is 12.1. The fourth-order valence-corrected chi connectivity index (χ4v) is 1.76. The number of rotatable bonds is 4. The Kier molecular flexibility index (Phi) is 5.87. The number of nitrogens with one attached hydrogen (secondary N) is 1. The normalized spacial score (nSPS) is 9.45. The Bertz CT molecular complexity index is 600. The number of hydrogen-bond acceptors (Lipinski definition) is 3. The minimum absolute atomic E-state index is 0. The van der Waals surface area contributed by atoms with Crippen molar-refractivity contribution in [2.75, 3.05) is 5.32 Å². The van der Waals surface area contributed by atoms with Crippen LogP contribution in [0.5, 0.6) is 0 Å². The maximum Gasteiger partial charge on any atom is 0.221 e. The lowest BCUT2D eigenvalue weighted by Crippen LogP contribution is -2.12. The molecular formula is C15H15ClN2O2. The molecule has 4 nitrogen and oxygen atoms in total. The van der Waals surface area contributed by atoms with Crippen LogP contribution in [0.15, 0.2) is 48.7 Å². The number of aromatic nitrogens is 1. The van der Waals surface area contributed by atoms with Gasteiger partial charge in [-0.1, -0.05) is 30.3 Å². The molecule has 1 heterocycles. The third-order valence-electron chi connectivity index (χ3n) is 2.62. The van der Waals surface area contributed by atoms with Crippen molar-refractivity contribution in [1.82, 2.24) is 4.98 Å². The molecule has 0 aliphatic rings. The van der Waals surface area contributed by atoms with Gasteiger partial charge >= 0.3 is 0 Å². The second-order valence-electron chi connectivity index (χ2n) is 4.14. The lowest BCUT2D eigenvalue weighted by atomic mass is 10.1. The molecule has 1 aromatic heterocycles. The number of benzene rings is 1. The average Bonchev–Trinajstić information content (AvgIpc) is 2.41. The summed E-state index contributed by atoms with van der Waals surface area (Å²) < 4.78 is 0. The predicted octanol–water partition coefficient (Wildman–Crippen LogP) is 2.89. The summed E-state index contributed by atoms with van der Waals surface area (Å²) in [6.45, 7) is 1.43. The molecule has 0 aliphatic heterocycles. The molecule has 1 amide bonds. The van der Waals surface area contributed by atoms with Gasteiger partial charge in [0, 0.05) is 18.7 Å². The highest BCUT2D eigenvalue weighted by Gasteiger charge is 2.11. The second-order valence-corrected chi connectivity index (χ2v) is 4.14. The van der Waals surface area contributed by atoms with Crippen molar-refractivity contribution in [3.8, 4) is 0 Å². The molecule has 0 fully saturated rings. The van der Waals surface area contributed by atoms with E-state index in [1.54, 1.807) is 30.5 Å². The SMILES string of the molecule is CC(=O)Nc1cccnc1CC(=O)c1ccccc1.Cl. The fraction of sp³-hybridized carbons (Fsp3) is 0.133. The first-order chi connectivity index (χ1) is 9.16. The molecular weight excluding hydrogens is 276 g/mol. The number of hydrogen-bond donors (Lipinski definition) is 1. The van der Waals surface area contributed by atoms with E-state index in [1.807, 2.05) is 18.2 Å². The lowest BCUT2D eigenvalue weighted by molar-refractivity contribution is -0.114. The summed E-state index contributed by atoms with van der Waals surface area (Å²) in [7, 11) is 0. The van der Waals surface area contributed by atoms with Crippen LogP contribution in [0, 0.1) is 0 Å². The number of Topliss-reactive ketones (excluding diaryl/α,β-unsaturated/α-hetero) is 1. The predicted molar refractivity (Wildman–Crippen MR) is 80.3 cm³/mol. The van der Waals surface area contributed by atoms with Crippen molar-refractivity contribution in [2.24, 2.45) is 0 Å². The van der Waals surface area contributed by atoms with Gasteiger partial charge in [0.05, 0.1) is 17.8 Å². The minimum Gasteiger partial charge on any atom is -0.325 e. The highest BCUT2D eigenvalue weighted by molar-refractivity contribution is 5.98.